The summed E-state index contributed by atoms with van der Waals surface area (Å²) in [4.78, 5) is 24.7. The van der Waals surface area contributed by atoms with E-state index in [9.17, 15) is 14.9 Å². The monoisotopic (exact) mass is 327 g/mol. The van der Waals surface area contributed by atoms with E-state index in [1.54, 1.807) is 7.11 Å². The number of nitrogens with zero attached hydrogens (tertiary/aromatic N) is 2. The van der Waals surface area contributed by atoms with Crippen molar-refractivity contribution in [3.8, 4) is 0 Å². The highest BCUT2D eigenvalue weighted by Gasteiger charge is 2.25. The highest BCUT2D eigenvalue weighted by molar-refractivity contribution is 6.33. The number of hydrogen-bond acceptors (Lipinski definition) is 5. The maximum Gasteiger partial charge on any atom is 0.270 e. The number of carbonyl (C=O) groups is 1. The lowest BCUT2D eigenvalue weighted by Crippen LogP contribution is -2.37. The topological polar surface area (TPSA) is 84.7 Å². The van der Waals surface area contributed by atoms with E-state index in [0.717, 1.165) is 26.1 Å². The number of likely N-dealkylation sites (tertiary alicyclic amines) is 1. The first-order chi connectivity index (χ1) is 10.5. The van der Waals surface area contributed by atoms with Gasteiger partial charge < -0.3 is 10.1 Å². The van der Waals surface area contributed by atoms with Gasteiger partial charge in [0.15, 0.2) is 0 Å². The molecule has 7 nitrogen and oxygen atoms in total. The van der Waals surface area contributed by atoms with Gasteiger partial charge in [0, 0.05) is 44.9 Å². The van der Waals surface area contributed by atoms with Crippen molar-refractivity contribution in [3.05, 3.63) is 38.9 Å². The SMILES string of the molecule is COCCN1CCC(NC(=O)c2cc([N+](=O)[O-])ccc2Cl)C1. The molecule has 0 saturated carbocycles. The Hall–Kier alpha value is -1.70. The zero-order valence-corrected chi connectivity index (χ0v) is 13.0. The normalized spacial score (nSPS) is 18.4. The van der Waals surface area contributed by atoms with Crippen LogP contribution < -0.4 is 5.32 Å². The van der Waals surface area contributed by atoms with Crippen LogP contribution in [0.25, 0.3) is 0 Å². The Morgan fingerprint density at radius 3 is 3.05 bits per heavy atom. The van der Waals surface area contributed by atoms with Crippen molar-refractivity contribution in [2.45, 2.75) is 12.5 Å². The van der Waals surface area contributed by atoms with Gasteiger partial charge in [0.25, 0.3) is 11.6 Å². The van der Waals surface area contributed by atoms with E-state index in [2.05, 4.69) is 10.2 Å². The van der Waals surface area contributed by atoms with Gasteiger partial charge in [0.05, 0.1) is 22.1 Å². The summed E-state index contributed by atoms with van der Waals surface area (Å²) >= 11 is 5.97. The second kappa shape index (κ2) is 7.53. The van der Waals surface area contributed by atoms with Gasteiger partial charge >= 0.3 is 0 Å². The molecule has 1 aromatic carbocycles. The first kappa shape index (κ1) is 16.7. The number of hydrogen-bond donors (Lipinski definition) is 1. The Balaban J connectivity index is 1.98. The molecular weight excluding hydrogens is 310 g/mol. The second-order valence-electron chi connectivity index (χ2n) is 5.17. The minimum Gasteiger partial charge on any atom is -0.383 e. The van der Waals surface area contributed by atoms with Gasteiger partial charge in [0.2, 0.25) is 0 Å². The molecular formula is C14H18ClN3O4. The molecule has 1 fully saturated rings. The third-order valence-corrected chi connectivity index (χ3v) is 3.95. The number of methoxy groups -OCH3 is 1. The van der Waals surface area contributed by atoms with Gasteiger partial charge in [-0.3, -0.25) is 19.8 Å². The first-order valence-electron chi connectivity index (χ1n) is 6.97. The van der Waals surface area contributed by atoms with Crippen LogP contribution in [0.2, 0.25) is 5.02 Å². The summed E-state index contributed by atoms with van der Waals surface area (Å²) in [6.07, 6.45) is 0.835. The molecule has 120 valence electrons. The van der Waals surface area contributed by atoms with E-state index >= 15 is 0 Å². The van der Waals surface area contributed by atoms with Gasteiger partial charge in [-0.2, -0.15) is 0 Å². The molecule has 22 heavy (non-hydrogen) atoms. The maximum absolute atomic E-state index is 12.3. The minimum atomic E-state index is -0.546. The van der Waals surface area contributed by atoms with Crippen LogP contribution >= 0.6 is 11.6 Å². The van der Waals surface area contributed by atoms with Gasteiger partial charge in [-0.25, -0.2) is 0 Å². The highest BCUT2D eigenvalue weighted by Crippen LogP contribution is 2.22. The average Bonchev–Trinajstić information content (AvgIpc) is 2.92. The molecule has 0 radical (unpaired) electrons. The van der Waals surface area contributed by atoms with E-state index in [1.165, 1.54) is 18.2 Å². The molecule has 1 aromatic rings. The van der Waals surface area contributed by atoms with E-state index in [-0.39, 0.29) is 28.2 Å². The molecule has 1 saturated heterocycles. The summed E-state index contributed by atoms with van der Waals surface area (Å²) in [6.45, 7) is 3.09. The number of nitro benzene ring substituents is 1. The number of carbonyl (C=O) groups excluding carboxylic acids is 1. The summed E-state index contributed by atoms with van der Waals surface area (Å²) in [5.74, 6) is -0.382. The molecule has 1 heterocycles. The Morgan fingerprint density at radius 2 is 2.36 bits per heavy atom. The molecule has 0 aliphatic carbocycles. The van der Waals surface area contributed by atoms with Gasteiger partial charge in [-0.1, -0.05) is 11.6 Å². The third kappa shape index (κ3) is 4.16. The Labute approximate surface area is 133 Å². The number of benzene rings is 1. The Bertz CT molecular complexity index is 567. The van der Waals surface area contributed by atoms with Crippen LogP contribution in [-0.2, 0) is 4.74 Å². The van der Waals surface area contributed by atoms with Crippen LogP contribution in [0.5, 0.6) is 0 Å². The van der Waals surface area contributed by atoms with Crippen molar-refractivity contribution in [3.63, 3.8) is 0 Å². The number of nitro groups is 1. The molecule has 1 amide bonds. The van der Waals surface area contributed by atoms with Crippen LogP contribution in [0.1, 0.15) is 16.8 Å². The van der Waals surface area contributed by atoms with E-state index in [1.807, 2.05) is 0 Å². The zero-order valence-electron chi connectivity index (χ0n) is 12.3. The van der Waals surface area contributed by atoms with Crippen molar-refractivity contribution in [2.75, 3.05) is 33.4 Å². The van der Waals surface area contributed by atoms with Crippen LogP contribution in [0.4, 0.5) is 5.69 Å². The highest BCUT2D eigenvalue weighted by atomic mass is 35.5. The molecule has 1 unspecified atom stereocenters. The average molecular weight is 328 g/mol. The lowest BCUT2D eigenvalue weighted by atomic mass is 10.1. The fourth-order valence-corrected chi connectivity index (χ4v) is 2.64. The fraction of sp³-hybridized carbons (Fsp3) is 0.500. The summed E-state index contributed by atoms with van der Waals surface area (Å²) in [7, 11) is 1.65. The number of nitrogens with one attached hydrogen (secondary N) is 1. The third-order valence-electron chi connectivity index (χ3n) is 3.62. The molecule has 8 heteroatoms. The quantitative estimate of drug-likeness (QED) is 0.635. The minimum absolute atomic E-state index is 0.0136. The lowest BCUT2D eigenvalue weighted by Gasteiger charge is -2.16. The summed E-state index contributed by atoms with van der Waals surface area (Å²) in [5.41, 5.74) is -0.0195. The number of halogens is 1. The van der Waals surface area contributed by atoms with Gasteiger partial charge in [-0.05, 0) is 12.5 Å². The van der Waals surface area contributed by atoms with Crippen molar-refractivity contribution in [1.29, 1.82) is 0 Å². The van der Waals surface area contributed by atoms with Crippen LogP contribution in [-0.4, -0.2) is 55.1 Å². The lowest BCUT2D eigenvalue weighted by molar-refractivity contribution is -0.384. The standard InChI is InChI=1S/C14H18ClN3O4/c1-22-7-6-17-5-4-10(9-17)16-14(19)12-8-11(18(20)21)2-3-13(12)15/h2-3,8,10H,4-7,9H2,1H3,(H,16,19). The van der Waals surface area contributed by atoms with Crippen LogP contribution in [0.3, 0.4) is 0 Å². The summed E-state index contributed by atoms with van der Waals surface area (Å²) in [6, 6.07) is 3.87. The van der Waals surface area contributed by atoms with Crippen molar-refractivity contribution in [1.82, 2.24) is 10.2 Å². The van der Waals surface area contributed by atoms with Gasteiger partial charge in [-0.15, -0.1) is 0 Å². The molecule has 0 spiro atoms. The first-order valence-corrected chi connectivity index (χ1v) is 7.35. The largest absolute Gasteiger partial charge is 0.383 e. The van der Waals surface area contributed by atoms with Gasteiger partial charge in [0.1, 0.15) is 0 Å². The van der Waals surface area contributed by atoms with Crippen molar-refractivity contribution in [2.24, 2.45) is 0 Å². The fourth-order valence-electron chi connectivity index (χ4n) is 2.44. The van der Waals surface area contributed by atoms with Crippen molar-refractivity contribution < 1.29 is 14.5 Å². The zero-order chi connectivity index (χ0) is 16.1. The predicted molar refractivity (Wildman–Crippen MR) is 82.3 cm³/mol. The number of non-ortho nitro benzene ring substituents is 1. The van der Waals surface area contributed by atoms with Crippen LogP contribution in [0, 0.1) is 10.1 Å². The van der Waals surface area contributed by atoms with E-state index in [4.69, 9.17) is 16.3 Å². The number of rotatable bonds is 6. The molecule has 0 aromatic heterocycles. The summed E-state index contributed by atoms with van der Waals surface area (Å²) in [5, 5.41) is 13.9. The Morgan fingerprint density at radius 1 is 1.59 bits per heavy atom. The second-order valence-corrected chi connectivity index (χ2v) is 5.58. The number of amides is 1. The molecule has 0 bridgehead atoms. The van der Waals surface area contributed by atoms with Crippen molar-refractivity contribution >= 4 is 23.2 Å². The molecule has 2 rings (SSSR count). The molecule has 1 atom stereocenters. The summed E-state index contributed by atoms with van der Waals surface area (Å²) < 4.78 is 5.03. The molecule has 1 aliphatic rings. The van der Waals surface area contributed by atoms with Crippen LogP contribution in [0.15, 0.2) is 18.2 Å². The molecule has 1 N–H and O–H groups in total. The maximum atomic E-state index is 12.3. The van der Waals surface area contributed by atoms with E-state index in [0.29, 0.717) is 6.61 Å². The van der Waals surface area contributed by atoms with E-state index < -0.39 is 4.92 Å². The number of ether oxygens (including phenoxy) is 1. The smallest absolute Gasteiger partial charge is 0.270 e. The Kier molecular flexibility index (Phi) is 5.70. The predicted octanol–water partition coefficient (Wildman–Crippen LogP) is 1.70. The molecule has 1 aliphatic heterocycles.